The molecule has 0 radical (unpaired) electrons. The molecule has 1 saturated heterocycles. The van der Waals surface area contributed by atoms with Crippen LogP contribution in [0, 0.1) is 0 Å². The molecule has 0 bridgehead atoms. The van der Waals surface area contributed by atoms with E-state index in [9.17, 15) is 9.59 Å². The first-order valence-electron chi connectivity index (χ1n) is 13.1. The summed E-state index contributed by atoms with van der Waals surface area (Å²) in [7, 11) is 6.58. The first kappa shape index (κ1) is 27.7. The lowest BCUT2D eigenvalue weighted by molar-refractivity contribution is 0.0827. The summed E-state index contributed by atoms with van der Waals surface area (Å²) in [6.45, 7) is 2.67. The topological polar surface area (TPSA) is 118 Å². The number of aromatic nitrogens is 2. The van der Waals surface area contributed by atoms with E-state index in [0.29, 0.717) is 60.6 Å². The van der Waals surface area contributed by atoms with Gasteiger partial charge in [-0.2, -0.15) is 0 Å². The molecule has 0 saturated carbocycles. The number of methoxy groups -OCH3 is 2. The van der Waals surface area contributed by atoms with E-state index in [4.69, 9.17) is 24.2 Å². The number of amides is 3. The molecule has 1 aliphatic rings. The molecule has 0 unspecified atom stereocenters. The van der Waals surface area contributed by atoms with Crippen LogP contribution >= 0.6 is 0 Å². The number of carbonyl (C=O) groups excluding carboxylic acids is 2. The number of nitrogens with one attached hydrogen (secondary N) is 2. The molecule has 5 rings (SSSR count). The summed E-state index contributed by atoms with van der Waals surface area (Å²) in [5.74, 6) is 2.44. The standard InChI is InChI=1S/C30H32N6O5/c1-35(2)29(37)20-7-11-22(12-8-20)32-30(38)31-21-9-5-19(6-10-21)27-33-24-18-26(40-4)25(39-3)17-23(24)28(34-27)36-13-15-41-16-14-36/h5-12,17-18H,13-16H2,1-4H3,(H2,31,32,38). The number of carbonyl (C=O) groups is 2. The van der Waals surface area contributed by atoms with Crippen LogP contribution in [0.15, 0.2) is 60.7 Å². The maximum atomic E-state index is 12.6. The number of nitrogens with zero attached hydrogens (tertiary/aromatic N) is 4. The number of ether oxygens (including phenoxy) is 3. The Balaban J connectivity index is 1.36. The highest BCUT2D eigenvalue weighted by molar-refractivity contribution is 6.00. The van der Waals surface area contributed by atoms with Crippen LogP contribution in [0.2, 0.25) is 0 Å². The molecule has 1 fully saturated rings. The molecule has 3 aromatic carbocycles. The second-order valence-corrected chi connectivity index (χ2v) is 9.63. The highest BCUT2D eigenvalue weighted by Gasteiger charge is 2.20. The summed E-state index contributed by atoms with van der Waals surface area (Å²) >= 11 is 0. The largest absolute Gasteiger partial charge is 0.493 e. The van der Waals surface area contributed by atoms with Gasteiger partial charge in [-0.3, -0.25) is 4.79 Å². The second-order valence-electron chi connectivity index (χ2n) is 9.63. The van der Waals surface area contributed by atoms with Crippen LogP contribution in [0.3, 0.4) is 0 Å². The summed E-state index contributed by atoms with van der Waals surface area (Å²) < 4.78 is 16.6. The molecule has 4 aromatic rings. The molecule has 2 N–H and O–H groups in total. The summed E-state index contributed by atoms with van der Waals surface area (Å²) in [5, 5.41) is 6.47. The van der Waals surface area contributed by atoms with Gasteiger partial charge in [0.1, 0.15) is 5.82 Å². The molecule has 2 heterocycles. The number of morpholine rings is 1. The molecular weight excluding hydrogens is 524 g/mol. The highest BCUT2D eigenvalue weighted by Crippen LogP contribution is 2.36. The number of hydrogen-bond acceptors (Lipinski definition) is 8. The third kappa shape index (κ3) is 6.15. The Kier molecular flexibility index (Phi) is 8.16. The van der Waals surface area contributed by atoms with Crippen LogP contribution in [0.1, 0.15) is 10.4 Å². The minimum absolute atomic E-state index is 0.104. The first-order chi connectivity index (χ1) is 19.9. The first-order valence-corrected chi connectivity index (χ1v) is 13.1. The van der Waals surface area contributed by atoms with Gasteiger partial charge in [-0.25, -0.2) is 14.8 Å². The van der Waals surface area contributed by atoms with Crippen molar-refractivity contribution >= 4 is 40.0 Å². The van der Waals surface area contributed by atoms with Gasteiger partial charge in [-0.15, -0.1) is 0 Å². The fourth-order valence-electron chi connectivity index (χ4n) is 4.54. The number of rotatable bonds is 7. The average molecular weight is 557 g/mol. The van der Waals surface area contributed by atoms with Gasteiger partial charge in [0.25, 0.3) is 5.91 Å². The van der Waals surface area contributed by atoms with Gasteiger partial charge in [0.05, 0.1) is 33.0 Å². The Hall–Kier alpha value is -4.90. The van der Waals surface area contributed by atoms with E-state index in [2.05, 4.69) is 15.5 Å². The lowest BCUT2D eigenvalue weighted by Crippen LogP contribution is -2.37. The van der Waals surface area contributed by atoms with Crippen LogP contribution in [-0.4, -0.2) is 81.4 Å². The van der Waals surface area contributed by atoms with Crippen molar-refractivity contribution in [2.24, 2.45) is 0 Å². The molecule has 0 atom stereocenters. The van der Waals surface area contributed by atoms with E-state index in [1.165, 1.54) is 4.90 Å². The molecule has 11 nitrogen and oxygen atoms in total. The minimum atomic E-state index is -0.401. The van der Waals surface area contributed by atoms with Gasteiger partial charge in [-0.1, -0.05) is 0 Å². The van der Waals surface area contributed by atoms with Gasteiger partial charge in [0.2, 0.25) is 0 Å². The van der Waals surface area contributed by atoms with Crippen LogP contribution in [0.5, 0.6) is 11.5 Å². The smallest absolute Gasteiger partial charge is 0.323 e. The minimum Gasteiger partial charge on any atom is -0.493 e. The van der Waals surface area contributed by atoms with Crippen LogP contribution < -0.4 is 25.0 Å². The van der Waals surface area contributed by atoms with Crippen molar-refractivity contribution in [1.29, 1.82) is 0 Å². The molecule has 0 spiro atoms. The van der Waals surface area contributed by atoms with E-state index >= 15 is 0 Å². The van der Waals surface area contributed by atoms with E-state index in [-0.39, 0.29) is 5.91 Å². The normalized spacial score (nSPS) is 13.0. The molecule has 11 heteroatoms. The number of urea groups is 1. The molecule has 3 amide bonds. The monoisotopic (exact) mass is 556 g/mol. The Morgan fingerprint density at radius 3 is 2.02 bits per heavy atom. The summed E-state index contributed by atoms with van der Waals surface area (Å²) in [6.07, 6.45) is 0. The molecule has 0 aliphatic carbocycles. The van der Waals surface area contributed by atoms with Crippen molar-refractivity contribution in [2.75, 3.05) is 70.2 Å². The molecule has 212 valence electrons. The number of anilines is 3. The Morgan fingerprint density at radius 1 is 0.854 bits per heavy atom. The zero-order valence-corrected chi connectivity index (χ0v) is 23.4. The Morgan fingerprint density at radius 2 is 1.44 bits per heavy atom. The summed E-state index contributed by atoms with van der Waals surface area (Å²) in [4.78, 5) is 38.1. The maximum Gasteiger partial charge on any atom is 0.323 e. The zero-order chi connectivity index (χ0) is 28.9. The van der Waals surface area contributed by atoms with Crippen molar-refractivity contribution in [3.8, 4) is 22.9 Å². The number of hydrogen-bond donors (Lipinski definition) is 2. The Labute approximate surface area is 238 Å². The predicted molar refractivity (Wildman–Crippen MR) is 158 cm³/mol. The quantitative estimate of drug-likeness (QED) is 0.342. The van der Waals surface area contributed by atoms with Gasteiger partial charge < -0.3 is 34.6 Å². The highest BCUT2D eigenvalue weighted by atomic mass is 16.5. The van der Waals surface area contributed by atoms with Gasteiger partial charge in [0, 0.05) is 61.1 Å². The van der Waals surface area contributed by atoms with Crippen molar-refractivity contribution in [2.45, 2.75) is 0 Å². The van der Waals surface area contributed by atoms with Crippen molar-refractivity contribution in [3.05, 3.63) is 66.2 Å². The lowest BCUT2D eigenvalue weighted by Gasteiger charge is -2.29. The molecular formula is C30H32N6O5. The van der Waals surface area contributed by atoms with Gasteiger partial charge in [0.15, 0.2) is 17.3 Å². The lowest BCUT2D eigenvalue weighted by atomic mass is 10.1. The molecule has 1 aliphatic heterocycles. The third-order valence-electron chi connectivity index (χ3n) is 6.69. The third-order valence-corrected chi connectivity index (χ3v) is 6.69. The number of benzene rings is 3. The van der Waals surface area contributed by atoms with Crippen molar-refractivity contribution in [1.82, 2.24) is 14.9 Å². The van der Waals surface area contributed by atoms with Crippen molar-refractivity contribution < 1.29 is 23.8 Å². The van der Waals surface area contributed by atoms with Gasteiger partial charge >= 0.3 is 6.03 Å². The SMILES string of the molecule is COc1cc2nc(-c3ccc(NC(=O)Nc4ccc(C(=O)N(C)C)cc4)cc3)nc(N3CCOCC3)c2cc1OC. The maximum absolute atomic E-state index is 12.6. The zero-order valence-electron chi connectivity index (χ0n) is 23.4. The van der Waals surface area contributed by atoms with E-state index in [1.54, 1.807) is 64.7 Å². The fourth-order valence-corrected chi connectivity index (χ4v) is 4.54. The van der Waals surface area contributed by atoms with Gasteiger partial charge in [-0.05, 0) is 54.6 Å². The summed E-state index contributed by atoms with van der Waals surface area (Å²) in [5.41, 5.74) is 3.24. The van der Waals surface area contributed by atoms with Crippen LogP contribution in [-0.2, 0) is 4.74 Å². The van der Waals surface area contributed by atoms with E-state index in [1.807, 2.05) is 24.3 Å². The average Bonchev–Trinajstić information content (AvgIpc) is 3.00. The van der Waals surface area contributed by atoms with Crippen LogP contribution in [0.25, 0.3) is 22.3 Å². The number of fused-ring (bicyclic) bond motifs is 1. The van der Waals surface area contributed by atoms with E-state index < -0.39 is 6.03 Å². The molecule has 1 aromatic heterocycles. The predicted octanol–water partition coefficient (Wildman–Crippen LogP) is 4.50. The van der Waals surface area contributed by atoms with Crippen LogP contribution in [0.4, 0.5) is 22.0 Å². The van der Waals surface area contributed by atoms with E-state index in [0.717, 1.165) is 22.3 Å². The van der Waals surface area contributed by atoms with Crippen molar-refractivity contribution in [3.63, 3.8) is 0 Å². The Bertz CT molecular complexity index is 1550. The fraction of sp³-hybridized carbons (Fsp3) is 0.267. The second kappa shape index (κ2) is 12.1. The molecule has 41 heavy (non-hydrogen) atoms. The summed E-state index contributed by atoms with van der Waals surface area (Å²) in [6, 6.07) is 17.4.